The largest absolute Gasteiger partial charge is 0.494 e. The maximum absolute atomic E-state index is 14.9. The van der Waals surface area contributed by atoms with Crippen molar-refractivity contribution in [2.45, 2.75) is 427 Å². The van der Waals surface area contributed by atoms with Crippen molar-refractivity contribution in [3.63, 3.8) is 0 Å². The summed E-state index contributed by atoms with van der Waals surface area (Å²) >= 11 is 0. The Hall–Kier alpha value is -9.30. The lowest BCUT2D eigenvalue weighted by Gasteiger charge is -2.31. The van der Waals surface area contributed by atoms with Crippen LogP contribution in [0.1, 0.15) is 489 Å². The Balaban J connectivity index is 1.24. The molecule has 1 fully saturated rings. The first-order valence-electron chi connectivity index (χ1n) is 60.0. The quantitative estimate of drug-likeness (QED) is 0.0323. The van der Waals surface area contributed by atoms with Gasteiger partial charge in [0.2, 0.25) is 0 Å². The lowest BCUT2D eigenvalue weighted by atomic mass is 10.1. The molecule has 24 heteroatoms. The van der Waals surface area contributed by atoms with Crippen LogP contribution in [0, 0.1) is 0 Å². The fraction of sp³-hybridized carbons (Fsp3) is 0.667. The standard InChI is InChI=1S/C126H198N6O18/c1-7-13-19-25-31-37-43-49-55-61-103-139-115-79-67-109(68-80-115)121(133)145-127-91-93-128(146-122(134)110-69-81-116(82-70-110)140-104-62-56-50-44-38-32-26-20-14-8-2)95-97-130(148-124(136)112-73-85-118(86-74-112)142-106-64-58-52-46-40-34-28-22-16-10-4)99-101-132(150-126(138)114-77-89-120(90-78-114)144-108-66-60-54-48-42-36-30-24-18-12-6)102-100-131(149-125(137)113-75-87-119(88-76-113)143-107-65-59-53-47-41-35-29-23-17-11-5)98-96-129(94-92-127)147-123(135)111-71-83-117(84-72-111)141-105-63-57-51-45-39-33-27-21-15-9-3/h67-90H,7-66,91-108H2,1-6H3. The second-order valence-corrected chi connectivity index (χ2v) is 41.2. The van der Waals surface area contributed by atoms with Crippen molar-refractivity contribution in [3.8, 4) is 34.5 Å². The van der Waals surface area contributed by atoms with E-state index in [1.165, 1.54) is 300 Å². The van der Waals surface area contributed by atoms with Gasteiger partial charge in [-0.1, -0.05) is 388 Å². The molecule has 0 aliphatic carbocycles. The van der Waals surface area contributed by atoms with Crippen LogP contribution in [0.25, 0.3) is 0 Å². The Morgan fingerprint density at radius 1 is 0.147 bits per heavy atom. The zero-order valence-electron chi connectivity index (χ0n) is 94.0. The molecule has 0 atom stereocenters. The van der Waals surface area contributed by atoms with Crippen molar-refractivity contribution in [1.29, 1.82) is 0 Å². The van der Waals surface area contributed by atoms with E-state index in [9.17, 15) is 28.8 Å². The molecule has 0 unspecified atom stereocenters. The van der Waals surface area contributed by atoms with Crippen molar-refractivity contribution in [2.75, 3.05) is 118 Å². The Bertz CT molecular complexity index is 3600. The van der Waals surface area contributed by atoms with Gasteiger partial charge in [-0.05, 0) is 184 Å². The van der Waals surface area contributed by atoms with Gasteiger partial charge in [-0.15, -0.1) is 30.4 Å². The lowest BCUT2D eigenvalue weighted by molar-refractivity contribution is -0.188. The molecule has 0 radical (unpaired) electrons. The van der Waals surface area contributed by atoms with E-state index in [4.69, 9.17) is 57.4 Å². The van der Waals surface area contributed by atoms with E-state index in [0.717, 1.165) is 116 Å². The number of hydrogen-bond acceptors (Lipinski definition) is 24. The summed E-state index contributed by atoms with van der Waals surface area (Å²) in [6.45, 7) is 15.2. The molecule has 0 spiro atoms. The Morgan fingerprint density at radius 2 is 0.240 bits per heavy atom. The first kappa shape index (κ1) is 128. The topological polar surface area (TPSA) is 233 Å². The van der Waals surface area contributed by atoms with E-state index < -0.39 is 35.8 Å². The van der Waals surface area contributed by atoms with Gasteiger partial charge in [0, 0.05) is 0 Å². The Morgan fingerprint density at radius 3 is 0.340 bits per heavy atom. The molecule has 6 aromatic rings. The van der Waals surface area contributed by atoms with Crippen molar-refractivity contribution < 1.29 is 86.2 Å². The average Bonchev–Trinajstić information content (AvgIpc) is 0.867. The van der Waals surface area contributed by atoms with Crippen LogP contribution in [0.3, 0.4) is 0 Å². The second-order valence-electron chi connectivity index (χ2n) is 41.2. The van der Waals surface area contributed by atoms with Crippen molar-refractivity contribution in [2.24, 2.45) is 0 Å². The summed E-state index contributed by atoms with van der Waals surface area (Å²) in [6, 6.07) is 41.0. The van der Waals surface area contributed by atoms with Crippen LogP contribution in [-0.2, 0) is 29.0 Å². The third-order valence-electron chi connectivity index (χ3n) is 28.0. The summed E-state index contributed by atoms with van der Waals surface area (Å²) in [7, 11) is 0. The molecule has 0 aromatic heterocycles. The van der Waals surface area contributed by atoms with Gasteiger partial charge in [0.15, 0.2) is 0 Å². The number of hydrogen-bond donors (Lipinski definition) is 0. The fourth-order valence-electron chi connectivity index (χ4n) is 18.4. The molecule has 840 valence electrons. The maximum Gasteiger partial charge on any atom is 0.357 e. The number of carbonyl (C=O) groups is 6. The average molecular weight is 2080 g/mol. The first-order valence-corrected chi connectivity index (χ1v) is 60.0. The Labute approximate surface area is 905 Å². The highest BCUT2D eigenvalue weighted by Gasteiger charge is 2.29. The number of carbonyl (C=O) groups excluding carboxylic acids is 6. The minimum absolute atomic E-state index is 0.121. The third kappa shape index (κ3) is 61.6. The van der Waals surface area contributed by atoms with E-state index in [0.29, 0.717) is 74.1 Å². The highest BCUT2D eigenvalue weighted by molar-refractivity contribution is 5.92. The van der Waals surface area contributed by atoms with Crippen LogP contribution in [0.15, 0.2) is 146 Å². The van der Waals surface area contributed by atoms with Crippen LogP contribution >= 0.6 is 0 Å². The van der Waals surface area contributed by atoms with Crippen LogP contribution in [0.5, 0.6) is 34.5 Å². The number of benzene rings is 6. The number of unbranched alkanes of at least 4 members (excludes halogenated alkanes) is 54. The second kappa shape index (κ2) is 86.1. The lowest BCUT2D eigenvalue weighted by Crippen LogP contribution is -2.47. The molecule has 150 heavy (non-hydrogen) atoms. The molecule has 1 aliphatic heterocycles. The van der Waals surface area contributed by atoms with Crippen molar-refractivity contribution in [1.82, 2.24) is 30.4 Å². The molecule has 0 N–H and O–H groups in total. The monoisotopic (exact) mass is 2080 g/mol. The van der Waals surface area contributed by atoms with Crippen LogP contribution in [0.4, 0.5) is 0 Å². The SMILES string of the molecule is CCCCCCCCCCCCOc1ccc(C(=O)ON2CCN(OC(=O)c3ccc(OCCCCCCCCCCCC)cc3)CCN(OC(=O)c3ccc(OCCCCCCCCCCCC)cc3)CCN(OC(=O)c3ccc(OCCCCCCCCCCCC)cc3)CCN(OC(=O)c3ccc(OCCCCCCCCCCCC)cc3)CCN(OC(=O)c3ccc(OCCCCCCCCCCCC)cc3)CC2)cc1. The first-order chi connectivity index (χ1) is 73.8. The predicted octanol–water partition coefficient (Wildman–Crippen LogP) is 32.2. The molecule has 0 amide bonds. The Kier molecular flexibility index (Phi) is 73.2. The van der Waals surface area contributed by atoms with E-state index in [1.54, 1.807) is 146 Å². The molecule has 0 saturated carbocycles. The van der Waals surface area contributed by atoms with E-state index in [-0.39, 0.29) is 112 Å². The minimum atomic E-state index is -0.707. The molecule has 6 aromatic carbocycles. The molecule has 7 rings (SSSR count). The third-order valence-corrected chi connectivity index (χ3v) is 28.0. The van der Waals surface area contributed by atoms with E-state index >= 15 is 0 Å². The molecular weight excluding hydrogens is 1890 g/mol. The summed E-state index contributed by atoms with van der Waals surface area (Å²) in [4.78, 5) is 128. The summed E-state index contributed by atoms with van der Waals surface area (Å²) in [5.74, 6) is -0.597. The van der Waals surface area contributed by atoms with E-state index in [1.807, 2.05) is 0 Å². The number of rotatable bonds is 84. The molecule has 24 nitrogen and oxygen atoms in total. The van der Waals surface area contributed by atoms with Crippen LogP contribution in [0.2, 0.25) is 0 Å². The summed E-state index contributed by atoms with van der Waals surface area (Å²) in [5, 5.41) is 8.59. The highest BCUT2D eigenvalue weighted by Crippen LogP contribution is 2.27. The van der Waals surface area contributed by atoms with Gasteiger partial charge in [-0.25, -0.2) is 28.8 Å². The molecule has 1 heterocycles. The van der Waals surface area contributed by atoms with E-state index in [2.05, 4.69) is 41.5 Å². The molecule has 1 saturated heterocycles. The van der Waals surface area contributed by atoms with Gasteiger partial charge >= 0.3 is 35.8 Å². The summed E-state index contributed by atoms with van der Waals surface area (Å²) < 4.78 is 37.3. The van der Waals surface area contributed by atoms with Crippen LogP contribution in [-0.4, -0.2) is 184 Å². The summed E-state index contributed by atoms with van der Waals surface area (Å²) in [5.41, 5.74) is 1.36. The van der Waals surface area contributed by atoms with Gasteiger partial charge in [-0.2, -0.15) is 0 Å². The number of hydroxylamine groups is 12. The van der Waals surface area contributed by atoms with Crippen LogP contribution < -0.4 is 28.4 Å². The fourth-order valence-corrected chi connectivity index (χ4v) is 18.4. The van der Waals surface area contributed by atoms with Gasteiger partial charge in [0.1, 0.15) is 34.5 Å². The van der Waals surface area contributed by atoms with Gasteiger partial charge < -0.3 is 57.4 Å². The van der Waals surface area contributed by atoms with Crippen molar-refractivity contribution in [3.05, 3.63) is 179 Å². The zero-order chi connectivity index (χ0) is 106. The molecule has 1 aliphatic rings. The summed E-state index contributed by atoms with van der Waals surface area (Å²) in [6.07, 6.45) is 71.8. The van der Waals surface area contributed by atoms with Gasteiger partial charge in [0.05, 0.1) is 152 Å². The van der Waals surface area contributed by atoms with Gasteiger partial charge in [-0.3, -0.25) is 0 Å². The smallest absolute Gasteiger partial charge is 0.357 e. The number of ether oxygens (including phenoxy) is 6. The zero-order valence-corrected chi connectivity index (χ0v) is 94.0. The number of nitrogens with zero attached hydrogens (tertiary/aromatic N) is 6. The minimum Gasteiger partial charge on any atom is -0.494 e. The van der Waals surface area contributed by atoms with Crippen molar-refractivity contribution >= 4 is 35.8 Å². The molecular formula is C126H198N6O18. The molecule has 0 bridgehead atoms. The maximum atomic E-state index is 14.9. The highest BCUT2D eigenvalue weighted by atomic mass is 16.7. The van der Waals surface area contributed by atoms with Gasteiger partial charge in [0.25, 0.3) is 0 Å². The normalized spacial score (nSPS) is 13.6. The predicted molar refractivity (Wildman–Crippen MR) is 605 cm³/mol.